The molecule has 0 unspecified atom stereocenters. The lowest BCUT2D eigenvalue weighted by atomic mass is 10.3. The minimum atomic E-state index is 0.849. The van der Waals surface area contributed by atoms with Crippen LogP contribution in [0, 0.1) is 3.57 Å². The molecule has 1 nitrogen and oxygen atoms in total. The average Bonchev–Trinajstić information content (AvgIpc) is 2.39. The van der Waals surface area contributed by atoms with Crippen LogP contribution in [0.15, 0.2) is 23.1 Å². The molecule has 0 bridgehead atoms. The standard InChI is InChI=1S/C8H6INS2/c9-5-1-2-6-4(8(5)11)3-7(10)12-6/h1-3,11H,10H2. The van der Waals surface area contributed by atoms with Gasteiger partial charge in [-0.3, -0.25) is 0 Å². The van der Waals surface area contributed by atoms with Gasteiger partial charge in [-0.25, -0.2) is 0 Å². The van der Waals surface area contributed by atoms with Crippen LogP contribution in [-0.2, 0) is 0 Å². The van der Waals surface area contributed by atoms with Gasteiger partial charge in [0.15, 0.2) is 0 Å². The number of halogens is 1. The van der Waals surface area contributed by atoms with Crippen LogP contribution in [0.3, 0.4) is 0 Å². The number of anilines is 1. The second-order valence-corrected chi connectivity index (χ2v) is 5.18. The average molecular weight is 307 g/mol. The Hall–Kier alpha value is 0.0600. The van der Waals surface area contributed by atoms with Crippen LogP contribution >= 0.6 is 46.6 Å². The van der Waals surface area contributed by atoms with E-state index in [9.17, 15) is 0 Å². The second kappa shape index (κ2) is 3.08. The third-order valence-electron chi connectivity index (χ3n) is 1.64. The number of hydrogen-bond donors (Lipinski definition) is 2. The van der Waals surface area contributed by atoms with E-state index >= 15 is 0 Å². The maximum Gasteiger partial charge on any atom is 0.0869 e. The predicted molar refractivity (Wildman–Crippen MR) is 66.2 cm³/mol. The summed E-state index contributed by atoms with van der Waals surface area (Å²) in [5.41, 5.74) is 5.69. The molecule has 0 saturated heterocycles. The first-order valence-electron chi connectivity index (χ1n) is 3.35. The molecule has 1 heterocycles. The smallest absolute Gasteiger partial charge is 0.0869 e. The van der Waals surface area contributed by atoms with E-state index in [1.807, 2.05) is 6.07 Å². The molecule has 0 fully saturated rings. The van der Waals surface area contributed by atoms with Crippen LogP contribution in [-0.4, -0.2) is 0 Å². The highest BCUT2D eigenvalue weighted by molar-refractivity contribution is 14.1. The molecule has 2 N–H and O–H groups in total. The number of thiol groups is 1. The van der Waals surface area contributed by atoms with Gasteiger partial charge in [0.25, 0.3) is 0 Å². The summed E-state index contributed by atoms with van der Waals surface area (Å²) >= 11 is 8.29. The van der Waals surface area contributed by atoms with Crippen molar-refractivity contribution < 1.29 is 0 Å². The zero-order chi connectivity index (χ0) is 8.72. The molecule has 0 radical (unpaired) electrons. The van der Waals surface area contributed by atoms with Gasteiger partial charge in [-0.05, 0) is 40.8 Å². The van der Waals surface area contributed by atoms with Gasteiger partial charge < -0.3 is 5.73 Å². The van der Waals surface area contributed by atoms with E-state index < -0.39 is 0 Å². The fourth-order valence-corrected chi connectivity index (χ4v) is 2.73. The molecular weight excluding hydrogens is 301 g/mol. The summed E-state index contributed by atoms with van der Waals surface area (Å²) < 4.78 is 2.37. The van der Waals surface area contributed by atoms with Crippen molar-refractivity contribution in [1.82, 2.24) is 0 Å². The largest absolute Gasteiger partial charge is 0.391 e. The van der Waals surface area contributed by atoms with E-state index in [0.29, 0.717) is 0 Å². The van der Waals surface area contributed by atoms with Crippen molar-refractivity contribution >= 4 is 61.6 Å². The van der Waals surface area contributed by atoms with Crippen LogP contribution in [0.5, 0.6) is 0 Å². The first-order chi connectivity index (χ1) is 5.68. The quantitative estimate of drug-likeness (QED) is 0.566. The summed E-state index contributed by atoms with van der Waals surface area (Å²) in [5, 5.41) is 2.01. The van der Waals surface area contributed by atoms with Crippen molar-refractivity contribution in [2.24, 2.45) is 0 Å². The molecule has 12 heavy (non-hydrogen) atoms. The van der Waals surface area contributed by atoms with Gasteiger partial charge in [-0.1, -0.05) is 0 Å². The highest BCUT2D eigenvalue weighted by Crippen LogP contribution is 2.34. The van der Waals surface area contributed by atoms with Crippen LogP contribution in [0.1, 0.15) is 0 Å². The van der Waals surface area contributed by atoms with Crippen molar-refractivity contribution in [3.05, 3.63) is 21.8 Å². The van der Waals surface area contributed by atoms with Gasteiger partial charge in [0.1, 0.15) is 0 Å². The molecule has 0 aliphatic rings. The molecule has 2 rings (SSSR count). The molecule has 0 aliphatic heterocycles. The molecule has 1 aromatic heterocycles. The summed E-state index contributed by atoms with van der Waals surface area (Å²) in [6.45, 7) is 0. The Bertz CT molecular complexity index is 436. The van der Waals surface area contributed by atoms with Crippen LogP contribution < -0.4 is 5.73 Å². The Morgan fingerprint density at radius 1 is 1.42 bits per heavy atom. The molecule has 0 saturated carbocycles. The minimum absolute atomic E-state index is 0.849. The topological polar surface area (TPSA) is 26.0 Å². The first-order valence-corrected chi connectivity index (χ1v) is 5.69. The Kier molecular flexibility index (Phi) is 2.22. The lowest BCUT2D eigenvalue weighted by Crippen LogP contribution is -1.75. The van der Waals surface area contributed by atoms with E-state index in [-0.39, 0.29) is 0 Å². The number of hydrogen-bond acceptors (Lipinski definition) is 3. The second-order valence-electron chi connectivity index (χ2n) is 2.46. The van der Waals surface area contributed by atoms with E-state index in [2.05, 4.69) is 47.4 Å². The van der Waals surface area contributed by atoms with Crippen molar-refractivity contribution in [2.45, 2.75) is 4.90 Å². The molecular formula is C8H6INS2. The SMILES string of the molecule is Nc1cc2c(S)c(I)ccc2s1. The van der Waals surface area contributed by atoms with Crippen LogP contribution in [0.25, 0.3) is 10.1 Å². The van der Waals surface area contributed by atoms with Crippen molar-refractivity contribution in [1.29, 1.82) is 0 Å². The zero-order valence-corrected chi connectivity index (χ0v) is 9.91. The summed E-state index contributed by atoms with van der Waals surface area (Å²) in [6, 6.07) is 6.11. The molecule has 0 amide bonds. The van der Waals surface area contributed by atoms with Crippen molar-refractivity contribution in [2.75, 3.05) is 5.73 Å². The van der Waals surface area contributed by atoms with Crippen molar-refractivity contribution in [3.8, 4) is 0 Å². The van der Waals surface area contributed by atoms with E-state index in [4.69, 9.17) is 5.73 Å². The first kappa shape index (κ1) is 8.65. The highest BCUT2D eigenvalue weighted by atomic mass is 127. The summed E-state index contributed by atoms with van der Waals surface area (Å²) in [6.07, 6.45) is 0. The maximum absolute atomic E-state index is 5.69. The zero-order valence-electron chi connectivity index (χ0n) is 6.04. The fourth-order valence-electron chi connectivity index (χ4n) is 1.09. The maximum atomic E-state index is 5.69. The van der Waals surface area contributed by atoms with Gasteiger partial charge in [0.05, 0.1) is 5.00 Å². The summed E-state index contributed by atoms with van der Waals surface area (Å²) in [5.74, 6) is 0. The Morgan fingerprint density at radius 2 is 2.17 bits per heavy atom. The molecule has 0 spiro atoms. The summed E-state index contributed by atoms with van der Waals surface area (Å²) in [7, 11) is 0. The van der Waals surface area contributed by atoms with Gasteiger partial charge in [-0.15, -0.1) is 24.0 Å². The number of nitrogens with two attached hydrogens (primary N) is 1. The van der Waals surface area contributed by atoms with Gasteiger partial charge >= 0.3 is 0 Å². The monoisotopic (exact) mass is 307 g/mol. The van der Waals surface area contributed by atoms with Gasteiger partial charge in [0.2, 0.25) is 0 Å². The Labute approximate surface area is 93.5 Å². The number of nitrogen functional groups attached to an aromatic ring is 1. The summed E-state index contributed by atoms with van der Waals surface area (Å²) in [4.78, 5) is 1.03. The minimum Gasteiger partial charge on any atom is -0.391 e. The van der Waals surface area contributed by atoms with Crippen LogP contribution in [0.2, 0.25) is 0 Å². The number of rotatable bonds is 0. The molecule has 62 valence electrons. The number of fused-ring (bicyclic) bond motifs is 1. The number of benzene rings is 1. The highest BCUT2D eigenvalue weighted by Gasteiger charge is 2.04. The molecule has 4 heteroatoms. The van der Waals surface area contributed by atoms with Gasteiger partial charge in [-0.2, -0.15) is 0 Å². The Balaban J connectivity index is 2.89. The molecule has 1 aromatic carbocycles. The van der Waals surface area contributed by atoms with Crippen molar-refractivity contribution in [3.63, 3.8) is 0 Å². The third-order valence-corrected chi connectivity index (χ3v) is 4.38. The number of thiophene rings is 1. The molecule has 0 atom stereocenters. The lowest BCUT2D eigenvalue weighted by molar-refractivity contribution is 1.51. The molecule has 2 aromatic rings. The normalized spacial score (nSPS) is 10.8. The Morgan fingerprint density at radius 3 is 2.92 bits per heavy atom. The van der Waals surface area contributed by atoms with Crippen LogP contribution in [0.4, 0.5) is 5.00 Å². The molecule has 0 aliphatic carbocycles. The fraction of sp³-hybridized carbons (Fsp3) is 0. The van der Waals surface area contributed by atoms with Gasteiger partial charge in [0, 0.05) is 18.6 Å². The third kappa shape index (κ3) is 1.31. The van der Waals surface area contributed by atoms with E-state index in [1.54, 1.807) is 11.3 Å². The van der Waals surface area contributed by atoms with E-state index in [1.165, 1.54) is 8.27 Å². The lowest BCUT2D eigenvalue weighted by Gasteiger charge is -1.96. The predicted octanol–water partition coefficient (Wildman–Crippen LogP) is 3.38. The van der Waals surface area contributed by atoms with E-state index in [0.717, 1.165) is 15.3 Å².